The molecule has 0 aliphatic carbocycles. The highest BCUT2D eigenvalue weighted by molar-refractivity contribution is 7.90. The summed E-state index contributed by atoms with van der Waals surface area (Å²) >= 11 is 0. The second-order valence-corrected chi connectivity index (χ2v) is 9.64. The average molecular weight is 429 g/mol. The zero-order valence-electron chi connectivity index (χ0n) is 17.6. The number of amides is 1. The van der Waals surface area contributed by atoms with Crippen LogP contribution < -0.4 is 9.62 Å². The SMILES string of the molecule is CC[C@@H]1CCCCN1CCCNC(=O)CN(c1ccc(F)cc1)S(=O)(=O)N(C)C. The van der Waals surface area contributed by atoms with E-state index in [1.807, 2.05) is 0 Å². The summed E-state index contributed by atoms with van der Waals surface area (Å²) in [5, 5.41) is 2.81. The molecule has 0 spiro atoms. The Labute approximate surface area is 174 Å². The van der Waals surface area contributed by atoms with Crippen molar-refractivity contribution in [3.8, 4) is 0 Å². The van der Waals surface area contributed by atoms with E-state index in [0.717, 1.165) is 34.5 Å². The fourth-order valence-electron chi connectivity index (χ4n) is 3.62. The fourth-order valence-corrected chi connectivity index (χ4v) is 4.69. The van der Waals surface area contributed by atoms with Crippen LogP contribution in [-0.4, -0.2) is 69.8 Å². The van der Waals surface area contributed by atoms with Gasteiger partial charge in [-0.1, -0.05) is 13.3 Å². The van der Waals surface area contributed by atoms with E-state index in [4.69, 9.17) is 0 Å². The summed E-state index contributed by atoms with van der Waals surface area (Å²) < 4.78 is 40.5. The van der Waals surface area contributed by atoms with Crippen LogP contribution in [0.5, 0.6) is 0 Å². The third-order valence-corrected chi connectivity index (χ3v) is 7.13. The van der Waals surface area contributed by atoms with E-state index >= 15 is 0 Å². The number of nitrogens with zero attached hydrogens (tertiary/aromatic N) is 3. The summed E-state index contributed by atoms with van der Waals surface area (Å²) in [6.45, 7) is 4.38. The lowest BCUT2D eigenvalue weighted by Gasteiger charge is -2.35. The summed E-state index contributed by atoms with van der Waals surface area (Å²) in [5.41, 5.74) is 0.245. The van der Waals surface area contributed by atoms with Crippen LogP contribution in [0.2, 0.25) is 0 Å². The van der Waals surface area contributed by atoms with Crippen molar-refractivity contribution in [3.63, 3.8) is 0 Å². The van der Waals surface area contributed by atoms with E-state index in [1.54, 1.807) is 0 Å². The Morgan fingerprint density at radius 2 is 1.93 bits per heavy atom. The van der Waals surface area contributed by atoms with E-state index in [0.29, 0.717) is 12.6 Å². The quantitative estimate of drug-likeness (QED) is 0.580. The molecule has 1 N–H and O–H groups in total. The molecule has 0 unspecified atom stereocenters. The summed E-state index contributed by atoms with van der Waals surface area (Å²) in [5.74, 6) is -0.853. The standard InChI is InChI=1S/C20H33FN4O3S/c1-4-18-8-5-6-14-24(18)15-7-13-22-20(26)16-25(29(27,28)23(2)3)19-11-9-17(21)10-12-19/h9-12,18H,4-8,13-16H2,1-3H3,(H,22,26)/t18-/m1/s1. The molecule has 1 aliphatic heterocycles. The topological polar surface area (TPSA) is 73.0 Å². The molecule has 1 atom stereocenters. The molecule has 1 heterocycles. The highest BCUT2D eigenvalue weighted by atomic mass is 32.2. The number of likely N-dealkylation sites (tertiary alicyclic amines) is 1. The molecule has 1 saturated heterocycles. The zero-order valence-corrected chi connectivity index (χ0v) is 18.4. The normalized spacial score (nSPS) is 18.0. The van der Waals surface area contributed by atoms with Gasteiger partial charge in [-0.2, -0.15) is 12.7 Å². The number of anilines is 1. The highest BCUT2D eigenvalue weighted by Crippen LogP contribution is 2.20. The molecule has 0 radical (unpaired) electrons. The van der Waals surface area contributed by atoms with E-state index in [9.17, 15) is 17.6 Å². The number of benzene rings is 1. The minimum absolute atomic E-state index is 0.245. The van der Waals surface area contributed by atoms with Crippen LogP contribution in [0, 0.1) is 5.82 Å². The Bertz CT molecular complexity index is 755. The zero-order chi connectivity index (χ0) is 21.4. The van der Waals surface area contributed by atoms with E-state index in [2.05, 4.69) is 17.1 Å². The lowest BCUT2D eigenvalue weighted by molar-refractivity contribution is -0.119. The third-order valence-electron chi connectivity index (χ3n) is 5.31. The molecule has 1 aromatic carbocycles. The van der Waals surface area contributed by atoms with Gasteiger partial charge in [-0.3, -0.25) is 4.79 Å². The van der Waals surface area contributed by atoms with Gasteiger partial charge in [0.15, 0.2) is 0 Å². The number of nitrogens with one attached hydrogen (secondary N) is 1. The first kappa shape index (κ1) is 23.6. The van der Waals surface area contributed by atoms with Crippen LogP contribution in [0.25, 0.3) is 0 Å². The molecule has 2 rings (SSSR count). The van der Waals surface area contributed by atoms with Crippen LogP contribution in [0.4, 0.5) is 10.1 Å². The van der Waals surface area contributed by atoms with Gasteiger partial charge in [0.05, 0.1) is 5.69 Å². The number of rotatable bonds is 10. The molecule has 1 aromatic rings. The van der Waals surface area contributed by atoms with Crippen molar-refractivity contribution in [2.24, 2.45) is 0 Å². The van der Waals surface area contributed by atoms with Crippen molar-refractivity contribution in [1.82, 2.24) is 14.5 Å². The lowest BCUT2D eigenvalue weighted by Crippen LogP contribution is -2.46. The third kappa shape index (κ3) is 6.65. The predicted octanol–water partition coefficient (Wildman–Crippen LogP) is 2.21. The van der Waals surface area contributed by atoms with E-state index in [1.165, 1.54) is 57.6 Å². The van der Waals surface area contributed by atoms with E-state index < -0.39 is 16.0 Å². The summed E-state index contributed by atoms with van der Waals surface area (Å²) in [6.07, 6.45) is 5.70. The number of piperidine rings is 1. The molecular weight excluding hydrogens is 395 g/mol. The fraction of sp³-hybridized carbons (Fsp3) is 0.650. The molecule has 7 nitrogen and oxygen atoms in total. The highest BCUT2D eigenvalue weighted by Gasteiger charge is 2.27. The molecule has 1 amide bonds. The number of hydrogen-bond donors (Lipinski definition) is 1. The Morgan fingerprint density at radius 1 is 1.24 bits per heavy atom. The smallest absolute Gasteiger partial charge is 0.304 e. The molecule has 9 heteroatoms. The Balaban J connectivity index is 1.91. The Hall–Kier alpha value is -1.71. The monoisotopic (exact) mass is 428 g/mol. The first-order valence-corrected chi connectivity index (χ1v) is 11.6. The van der Waals surface area contributed by atoms with Crippen LogP contribution in [-0.2, 0) is 15.0 Å². The number of hydrogen-bond acceptors (Lipinski definition) is 4. The largest absolute Gasteiger partial charge is 0.354 e. The molecule has 0 saturated carbocycles. The van der Waals surface area contributed by atoms with Crippen LogP contribution in [0.3, 0.4) is 0 Å². The number of carbonyl (C=O) groups is 1. The summed E-state index contributed by atoms with van der Waals surface area (Å²) in [4.78, 5) is 14.9. The molecular formula is C20H33FN4O3S. The Morgan fingerprint density at radius 3 is 2.55 bits per heavy atom. The summed E-state index contributed by atoms with van der Waals surface area (Å²) in [6, 6.07) is 5.68. The van der Waals surface area contributed by atoms with Crippen molar-refractivity contribution in [1.29, 1.82) is 0 Å². The van der Waals surface area contributed by atoms with Gasteiger partial charge >= 0.3 is 10.2 Å². The lowest BCUT2D eigenvalue weighted by atomic mass is 10.00. The molecule has 0 aromatic heterocycles. The average Bonchev–Trinajstić information content (AvgIpc) is 2.70. The molecule has 0 bridgehead atoms. The minimum Gasteiger partial charge on any atom is -0.354 e. The predicted molar refractivity (Wildman–Crippen MR) is 113 cm³/mol. The minimum atomic E-state index is -3.88. The molecule has 1 fully saturated rings. The second-order valence-electron chi connectivity index (χ2n) is 7.57. The van der Waals surface area contributed by atoms with Crippen LogP contribution in [0.1, 0.15) is 39.0 Å². The van der Waals surface area contributed by atoms with Gasteiger partial charge in [-0.25, -0.2) is 8.70 Å². The van der Waals surface area contributed by atoms with Gasteiger partial charge in [-0.05, 0) is 56.5 Å². The maximum Gasteiger partial charge on any atom is 0.304 e. The summed E-state index contributed by atoms with van der Waals surface area (Å²) in [7, 11) is -1.09. The van der Waals surface area contributed by atoms with Crippen molar-refractivity contribution < 1.29 is 17.6 Å². The number of carbonyl (C=O) groups excluding carboxylic acids is 1. The maximum absolute atomic E-state index is 13.2. The van der Waals surface area contributed by atoms with Gasteiger partial charge in [0.1, 0.15) is 12.4 Å². The van der Waals surface area contributed by atoms with Crippen molar-refractivity contribution >= 4 is 21.8 Å². The van der Waals surface area contributed by atoms with Gasteiger partial charge in [0, 0.05) is 33.2 Å². The van der Waals surface area contributed by atoms with Gasteiger partial charge in [-0.15, -0.1) is 0 Å². The number of halogens is 1. The van der Waals surface area contributed by atoms with Crippen molar-refractivity contribution in [2.45, 2.75) is 45.1 Å². The molecule has 1 aliphatic rings. The van der Waals surface area contributed by atoms with Crippen LogP contribution >= 0.6 is 0 Å². The van der Waals surface area contributed by atoms with Crippen molar-refractivity contribution in [2.75, 3.05) is 44.6 Å². The van der Waals surface area contributed by atoms with Gasteiger partial charge in [0.2, 0.25) is 5.91 Å². The Kier molecular flexibility index (Phi) is 8.85. The second kappa shape index (κ2) is 10.9. The molecule has 29 heavy (non-hydrogen) atoms. The van der Waals surface area contributed by atoms with Gasteiger partial charge in [0.25, 0.3) is 0 Å². The maximum atomic E-state index is 13.2. The van der Waals surface area contributed by atoms with Crippen molar-refractivity contribution in [3.05, 3.63) is 30.1 Å². The first-order chi connectivity index (χ1) is 13.8. The van der Waals surface area contributed by atoms with Gasteiger partial charge < -0.3 is 10.2 Å². The van der Waals surface area contributed by atoms with E-state index in [-0.39, 0.29) is 18.1 Å². The van der Waals surface area contributed by atoms with Crippen LogP contribution in [0.15, 0.2) is 24.3 Å². The molecule has 164 valence electrons. The first-order valence-electron chi connectivity index (χ1n) is 10.2.